The third kappa shape index (κ3) is 4.12. The molecule has 0 spiro atoms. The molecule has 1 aliphatic heterocycles. The Kier molecular flexibility index (Phi) is 4.62. The van der Waals surface area contributed by atoms with E-state index >= 15 is 0 Å². The van der Waals surface area contributed by atoms with Crippen molar-refractivity contribution in [3.05, 3.63) is 29.4 Å². The van der Waals surface area contributed by atoms with E-state index in [-0.39, 0.29) is 0 Å². The lowest BCUT2D eigenvalue weighted by Crippen LogP contribution is -2.26. The smallest absolute Gasteiger partial charge is 0.123 e. The normalized spacial score (nSPS) is 20.1. The molecular weight excluding hydrogens is 284 g/mol. The molecule has 0 unspecified atom stereocenters. The minimum Gasteiger partial charge on any atom is -0.384 e. The average Bonchev–Trinajstić information content (AvgIpc) is 2.89. The Balaban J connectivity index is 1.52. The number of nitrogens with one attached hydrogen (secondary N) is 1. The first-order valence-electron chi connectivity index (χ1n) is 7.26. The van der Waals surface area contributed by atoms with Crippen molar-refractivity contribution in [2.24, 2.45) is 0 Å². The molecule has 2 aromatic rings. The van der Waals surface area contributed by atoms with Crippen LogP contribution in [0.25, 0.3) is 0 Å². The molecule has 3 N–H and O–H groups in total. The standard InChI is InChI=1S/C14H20N6S/c15-14-4-3-12(8-16-14)17-11-2-1-6-20(7-5-11)9-13-10-21-19-18-13/h3-4,8,10-11,17H,1-2,5-7,9H2,(H2,15,16)/t11-/m0/s1. The maximum Gasteiger partial charge on any atom is 0.123 e. The minimum absolute atomic E-state index is 0.494. The fourth-order valence-corrected chi connectivity index (χ4v) is 3.11. The van der Waals surface area contributed by atoms with E-state index in [1.165, 1.54) is 24.4 Å². The second-order valence-electron chi connectivity index (χ2n) is 5.42. The number of hydrogen-bond acceptors (Lipinski definition) is 7. The van der Waals surface area contributed by atoms with Gasteiger partial charge in [0.2, 0.25) is 0 Å². The van der Waals surface area contributed by atoms with Gasteiger partial charge in [0.25, 0.3) is 0 Å². The first-order valence-corrected chi connectivity index (χ1v) is 8.09. The number of nitrogens with zero attached hydrogens (tertiary/aromatic N) is 4. The molecule has 112 valence electrons. The van der Waals surface area contributed by atoms with E-state index < -0.39 is 0 Å². The van der Waals surface area contributed by atoms with Crippen LogP contribution in [0.15, 0.2) is 23.7 Å². The Morgan fingerprint density at radius 1 is 1.33 bits per heavy atom. The van der Waals surface area contributed by atoms with Crippen LogP contribution in [0.2, 0.25) is 0 Å². The first-order chi connectivity index (χ1) is 10.3. The molecular formula is C14H20N6S. The molecule has 2 aromatic heterocycles. The Hall–Kier alpha value is -1.73. The van der Waals surface area contributed by atoms with Crippen LogP contribution in [0.1, 0.15) is 25.0 Å². The largest absolute Gasteiger partial charge is 0.384 e. The zero-order valence-corrected chi connectivity index (χ0v) is 12.7. The van der Waals surface area contributed by atoms with Gasteiger partial charge in [0.05, 0.1) is 17.6 Å². The van der Waals surface area contributed by atoms with Crippen LogP contribution in [0.3, 0.4) is 0 Å². The summed E-state index contributed by atoms with van der Waals surface area (Å²) in [4.78, 5) is 6.58. The lowest BCUT2D eigenvalue weighted by atomic mass is 10.1. The second kappa shape index (κ2) is 6.82. The summed E-state index contributed by atoms with van der Waals surface area (Å²) in [5.41, 5.74) is 7.74. The number of likely N-dealkylation sites (tertiary alicyclic amines) is 1. The third-order valence-corrected chi connectivity index (χ3v) is 4.32. The molecule has 1 atom stereocenters. The third-order valence-electron chi connectivity index (χ3n) is 3.77. The molecule has 3 heterocycles. The van der Waals surface area contributed by atoms with E-state index in [0.717, 1.165) is 37.4 Å². The van der Waals surface area contributed by atoms with Gasteiger partial charge in [-0.1, -0.05) is 4.49 Å². The quantitative estimate of drug-likeness (QED) is 0.899. The lowest BCUT2D eigenvalue weighted by Gasteiger charge is -2.19. The van der Waals surface area contributed by atoms with Crippen molar-refractivity contribution in [3.63, 3.8) is 0 Å². The molecule has 0 aromatic carbocycles. The molecule has 0 radical (unpaired) electrons. The summed E-state index contributed by atoms with van der Waals surface area (Å²) < 4.78 is 3.92. The second-order valence-corrected chi connectivity index (χ2v) is 6.03. The van der Waals surface area contributed by atoms with Gasteiger partial charge in [-0.25, -0.2) is 4.98 Å². The van der Waals surface area contributed by atoms with Crippen molar-refractivity contribution in [2.45, 2.75) is 31.8 Å². The molecule has 0 amide bonds. The van der Waals surface area contributed by atoms with Crippen LogP contribution in [0.4, 0.5) is 11.5 Å². The van der Waals surface area contributed by atoms with Crippen LogP contribution in [0, 0.1) is 0 Å². The van der Waals surface area contributed by atoms with E-state index in [1.807, 2.05) is 17.5 Å². The maximum atomic E-state index is 5.61. The van der Waals surface area contributed by atoms with E-state index in [4.69, 9.17) is 5.73 Å². The van der Waals surface area contributed by atoms with Gasteiger partial charge in [-0.3, -0.25) is 4.90 Å². The number of hydrogen-bond donors (Lipinski definition) is 2. The average molecular weight is 304 g/mol. The number of anilines is 2. The van der Waals surface area contributed by atoms with Gasteiger partial charge in [-0.15, -0.1) is 5.10 Å². The van der Waals surface area contributed by atoms with Crippen LogP contribution < -0.4 is 11.1 Å². The van der Waals surface area contributed by atoms with Gasteiger partial charge in [0, 0.05) is 24.5 Å². The summed E-state index contributed by atoms with van der Waals surface area (Å²) in [5.74, 6) is 0.560. The molecule has 1 fully saturated rings. The van der Waals surface area contributed by atoms with Gasteiger partial charge in [0.15, 0.2) is 0 Å². The van der Waals surface area contributed by atoms with Crippen LogP contribution >= 0.6 is 11.5 Å². The summed E-state index contributed by atoms with van der Waals surface area (Å²) in [5, 5.41) is 9.71. The van der Waals surface area contributed by atoms with Gasteiger partial charge in [-0.05, 0) is 49.5 Å². The zero-order chi connectivity index (χ0) is 14.5. The molecule has 7 heteroatoms. The van der Waals surface area contributed by atoms with Crippen LogP contribution in [-0.4, -0.2) is 38.6 Å². The molecule has 1 aliphatic rings. The molecule has 6 nitrogen and oxygen atoms in total. The maximum absolute atomic E-state index is 5.61. The highest BCUT2D eigenvalue weighted by Gasteiger charge is 2.17. The Labute approximate surface area is 128 Å². The Morgan fingerprint density at radius 2 is 2.29 bits per heavy atom. The minimum atomic E-state index is 0.494. The van der Waals surface area contributed by atoms with Crippen molar-refractivity contribution in [3.8, 4) is 0 Å². The highest BCUT2D eigenvalue weighted by atomic mass is 32.1. The highest BCUT2D eigenvalue weighted by molar-refractivity contribution is 7.03. The fourth-order valence-electron chi connectivity index (χ4n) is 2.67. The van der Waals surface area contributed by atoms with Crippen molar-refractivity contribution >= 4 is 23.0 Å². The Bertz CT molecular complexity index is 541. The zero-order valence-electron chi connectivity index (χ0n) is 11.9. The van der Waals surface area contributed by atoms with Crippen LogP contribution in [-0.2, 0) is 6.54 Å². The van der Waals surface area contributed by atoms with Crippen LogP contribution in [0.5, 0.6) is 0 Å². The van der Waals surface area contributed by atoms with Gasteiger partial charge in [0.1, 0.15) is 5.82 Å². The summed E-state index contributed by atoms with van der Waals surface area (Å²) in [7, 11) is 0. The van der Waals surface area contributed by atoms with Crippen molar-refractivity contribution in [2.75, 3.05) is 24.1 Å². The SMILES string of the molecule is Nc1ccc(N[C@H]2CCCN(Cc3csnn3)CC2)cn1. The fraction of sp³-hybridized carbons (Fsp3) is 0.500. The lowest BCUT2D eigenvalue weighted by molar-refractivity contribution is 0.273. The van der Waals surface area contributed by atoms with E-state index in [0.29, 0.717) is 11.9 Å². The van der Waals surface area contributed by atoms with E-state index in [1.54, 1.807) is 6.20 Å². The summed E-state index contributed by atoms with van der Waals surface area (Å²) in [6.07, 6.45) is 5.30. The van der Waals surface area contributed by atoms with Gasteiger partial charge < -0.3 is 11.1 Å². The van der Waals surface area contributed by atoms with E-state index in [2.05, 4.69) is 24.8 Å². The molecule has 21 heavy (non-hydrogen) atoms. The number of pyridine rings is 1. The predicted octanol–water partition coefficient (Wildman–Crippen LogP) is 1.98. The van der Waals surface area contributed by atoms with Gasteiger partial charge in [-0.2, -0.15) is 0 Å². The molecule has 0 saturated carbocycles. The molecule has 1 saturated heterocycles. The highest BCUT2D eigenvalue weighted by Crippen LogP contribution is 2.18. The molecule has 3 rings (SSSR count). The predicted molar refractivity (Wildman–Crippen MR) is 85.1 cm³/mol. The molecule has 0 aliphatic carbocycles. The summed E-state index contributed by atoms with van der Waals surface area (Å²) in [6, 6.07) is 4.32. The number of aromatic nitrogens is 3. The first kappa shape index (κ1) is 14.2. The van der Waals surface area contributed by atoms with Gasteiger partial charge >= 0.3 is 0 Å². The Morgan fingerprint density at radius 3 is 3.05 bits per heavy atom. The van der Waals surface area contributed by atoms with Crippen molar-refractivity contribution < 1.29 is 0 Å². The number of rotatable bonds is 4. The number of nitrogen functional groups attached to an aromatic ring is 1. The number of nitrogens with two attached hydrogens (primary N) is 1. The van der Waals surface area contributed by atoms with Crippen molar-refractivity contribution in [1.82, 2.24) is 19.5 Å². The summed E-state index contributed by atoms with van der Waals surface area (Å²) in [6.45, 7) is 3.11. The van der Waals surface area contributed by atoms with E-state index in [9.17, 15) is 0 Å². The van der Waals surface area contributed by atoms with Crippen molar-refractivity contribution in [1.29, 1.82) is 0 Å². The monoisotopic (exact) mass is 304 g/mol. The molecule has 0 bridgehead atoms. The summed E-state index contributed by atoms with van der Waals surface area (Å²) >= 11 is 1.42. The topological polar surface area (TPSA) is 80.0 Å².